The lowest BCUT2D eigenvalue weighted by Crippen LogP contribution is -2.32. The van der Waals surface area contributed by atoms with Crippen LogP contribution in [0.4, 0.5) is 0 Å². The molecule has 0 N–H and O–H groups in total. The second kappa shape index (κ2) is 7.59. The highest BCUT2D eigenvalue weighted by Crippen LogP contribution is 2.48. The first kappa shape index (κ1) is 19.4. The van der Waals surface area contributed by atoms with Gasteiger partial charge in [-0.3, -0.25) is 9.79 Å². The third-order valence-corrected chi connectivity index (χ3v) is 6.37. The molecule has 1 aliphatic carbocycles. The van der Waals surface area contributed by atoms with Crippen molar-refractivity contribution in [2.24, 2.45) is 10.9 Å². The van der Waals surface area contributed by atoms with Crippen molar-refractivity contribution in [2.45, 2.75) is 31.6 Å². The van der Waals surface area contributed by atoms with E-state index < -0.39 is 5.92 Å². The van der Waals surface area contributed by atoms with Crippen LogP contribution in [0.5, 0.6) is 17.2 Å². The Balaban J connectivity index is 1.55. The van der Waals surface area contributed by atoms with Gasteiger partial charge in [-0.1, -0.05) is 18.2 Å². The number of hydrogen-bond acceptors (Lipinski definition) is 6. The number of carbonyl (C=O) groups is 1. The van der Waals surface area contributed by atoms with E-state index in [9.17, 15) is 10.1 Å². The molecule has 0 bridgehead atoms. The largest absolute Gasteiger partial charge is 0.497 e. The predicted molar refractivity (Wildman–Crippen MR) is 115 cm³/mol. The van der Waals surface area contributed by atoms with E-state index in [1.54, 1.807) is 7.11 Å². The molecule has 31 heavy (non-hydrogen) atoms. The maximum Gasteiger partial charge on any atom is 0.231 e. The minimum Gasteiger partial charge on any atom is -0.497 e. The minimum absolute atomic E-state index is 0.0567. The number of fused-ring (bicyclic) bond motifs is 1. The number of benzene rings is 2. The molecule has 3 aliphatic rings. The Labute approximate surface area is 180 Å². The normalized spacial score (nSPS) is 24.4. The van der Waals surface area contributed by atoms with Crippen LogP contribution in [-0.4, -0.2) is 25.4 Å². The van der Waals surface area contributed by atoms with Gasteiger partial charge in [0, 0.05) is 29.3 Å². The summed E-state index contributed by atoms with van der Waals surface area (Å²) in [5.41, 5.74) is 4.18. The van der Waals surface area contributed by atoms with Crippen LogP contribution in [0.3, 0.4) is 0 Å². The van der Waals surface area contributed by atoms with E-state index in [-0.39, 0.29) is 24.4 Å². The number of nitriles is 1. The van der Waals surface area contributed by atoms with Crippen LogP contribution in [-0.2, 0) is 4.79 Å². The van der Waals surface area contributed by atoms with E-state index in [2.05, 4.69) is 6.07 Å². The summed E-state index contributed by atoms with van der Waals surface area (Å²) in [6, 6.07) is 15.9. The first-order valence-electron chi connectivity index (χ1n) is 10.3. The van der Waals surface area contributed by atoms with Crippen LogP contribution in [0.15, 0.2) is 58.7 Å². The van der Waals surface area contributed by atoms with Crippen LogP contribution >= 0.6 is 0 Å². The zero-order chi connectivity index (χ0) is 21.5. The fourth-order valence-corrected chi connectivity index (χ4v) is 4.80. The van der Waals surface area contributed by atoms with E-state index in [1.165, 1.54) is 0 Å². The van der Waals surface area contributed by atoms with Crippen molar-refractivity contribution >= 4 is 11.5 Å². The third-order valence-electron chi connectivity index (χ3n) is 6.37. The highest BCUT2D eigenvalue weighted by Gasteiger charge is 2.41. The van der Waals surface area contributed by atoms with Gasteiger partial charge in [0.15, 0.2) is 17.3 Å². The Morgan fingerprint density at radius 1 is 1.06 bits per heavy atom. The van der Waals surface area contributed by atoms with E-state index in [1.807, 2.05) is 49.4 Å². The highest BCUT2D eigenvalue weighted by molar-refractivity contribution is 6.03. The number of methoxy groups -OCH3 is 1. The summed E-state index contributed by atoms with van der Waals surface area (Å²) >= 11 is 0. The number of ether oxygens (including phenoxy) is 3. The summed E-state index contributed by atoms with van der Waals surface area (Å²) in [7, 11) is 1.64. The number of ketones is 1. The van der Waals surface area contributed by atoms with Gasteiger partial charge in [-0.2, -0.15) is 5.26 Å². The summed E-state index contributed by atoms with van der Waals surface area (Å²) < 4.78 is 16.2. The van der Waals surface area contributed by atoms with E-state index in [0.29, 0.717) is 29.9 Å². The first-order chi connectivity index (χ1) is 15.1. The van der Waals surface area contributed by atoms with Gasteiger partial charge < -0.3 is 14.2 Å². The number of hydrogen-bond donors (Lipinski definition) is 0. The summed E-state index contributed by atoms with van der Waals surface area (Å²) in [5.74, 6) is 1.40. The number of allylic oxidation sites excluding steroid dienone is 2. The monoisotopic (exact) mass is 414 g/mol. The van der Waals surface area contributed by atoms with Crippen LogP contribution in [0.2, 0.25) is 0 Å². The van der Waals surface area contributed by atoms with Crippen molar-refractivity contribution in [1.82, 2.24) is 0 Å². The number of nitrogens with zero attached hydrogens (tertiary/aromatic N) is 2. The van der Waals surface area contributed by atoms with Crippen LogP contribution in [0.25, 0.3) is 0 Å². The number of carbonyl (C=O) groups excluding carboxylic acids is 1. The smallest absolute Gasteiger partial charge is 0.231 e. The molecule has 0 saturated carbocycles. The van der Waals surface area contributed by atoms with Crippen molar-refractivity contribution in [3.8, 4) is 23.3 Å². The average Bonchev–Trinajstić information content (AvgIpc) is 3.26. The SMILES string of the molecule is COc1ccc([C@@H]2CC(=O)C3=C(C2)N=C(C)C(C#N)[C@@H]3c2ccc3c(c2)OCO3)cc1. The Hall–Kier alpha value is -3.59. The Kier molecular flexibility index (Phi) is 4.74. The van der Waals surface area contributed by atoms with Gasteiger partial charge in [-0.25, -0.2) is 0 Å². The molecule has 156 valence electrons. The van der Waals surface area contributed by atoms with Gasteiger partial charge in [-0.15, -0.1) is 0 Å². The molecular weight excluding hydrogens is 392 g/mol. The number of rotatable bonds is 3. The molecule has 0 fully saturated rings. The molecular formula is C25H22N2O4. The zero-order valence-electron chi connectivity index (χ0n) is 17.4. The molecule has 2 aliphatic heterocycles. The van der Waals surface area contributed by atoms with Crippen molar-refractivity contribution in [3.63, 3.8) is 0 Å². The van der Waals surface area contributed by atoms with Gasteiger partial charge in [0.05, 0.1) is 19.1 Å². The summed E-state index contributed by atoms with van der Waals surface area (Å²) in [6.45, 7) is 2.06. The van der Waals surface area contributed by atoms with Crippen molar-refractivity contribution < 1.29 is 19.0 Å². The van der Waals surface area contributed by atoms with Crippen molar-refractivity contribution in [3.05, 3.63) is 64.9 Å². The van der Waals surface area contributed by atoms with E-state index >= 15 is 0 Å². The van der Waals surface area contributed by atoms with Gasteiger partial charge in [0.25, 0.3) is 0 Å². The van der Waals surface area contributed by atoms with Crippen molar-refractivity contribution in [1.29, 1.82) is 5.26 Å². The Bertz CT molecular complexity index is 1160. The lowest BCUT2D eigenvalue weighted by Gasteiger charge is -2.35. The van der Waals surface area contributed by atoms with E-state index in [0.717, 1.165) is 28.3 Å². The molecule has 3 atom stereocenters. The van der Waals surface area contributed by atoms with Crippen LogP contribution in [0.1, 0.15) is 42.7 Å². The quantitative estimate of drug-likeness (QED) is 0.737. The summed E-state index contributed by atoms with van der Waals surface area (Å²) in [4.78, 5) is 18.1. The Morgan fingerprint density at radius 2 is 1.81 bits per heavy atom. The second-order valence-corrected chi connectivity index (χ2v) is 8.11. The molecule has 2 aromatic rings. The molecule has 0 radical (unpaired) electrons. The van der Waals surface area contributed by atoms with E-state index in [4.69, 9.17) is 19.2 Å². The molecule has 6 heteroatoms. The molecule has 0 spiro atoms. The standard InChI is InChI=1S/C25H22N2O4/c1-14-19(12-26)24(16-5-8-22-23(11-16)31-13-30-22)25-20(27-14)9-17(10-21(25)28)15-3-6-18(29-2)7-4-15/h3-8,11,17,19,24H,9-10,13H2,1-2H3/t17-,19?,24-/m0/s1. The second-order valence-electron chi connectivity index (χ2n) is 8.11. The summed E-state index contributed by atoms with van der Waals surface area (Å²) in [6.07, 6.45) is 1.07. The number of Topliss-reactive ketones (excluding diaryl/α,β-unsaturated/α-hetero) is 1. The molecule has 1 unspecified atom stereocenters. The molecule has 6 nitrogen and oxygen atoms in total. The lowest BCUT2D eigenvalue weighted by molar-refractivity contribution is -0.116. The lowest BCUT2D eigenvalue weighted by atomic mass is 9.69. The minimum atomic E-state index is -0.486. The summed E-state index contributed by atoms with van der Waals surface area (Å²) in [5, 5.41) is 9.91. The van der Waals surface area contributed by atoms with Crippen LogP contribution in [0, 0.1) is 17.2 Å². The molecule has 0 saturated heterocycles. The van der Waals surface area contributed by atoms with Gasteiger partial charge in [0.1, 0.15) is 5.75 Å². The molecule has 0 aromatic heterocycles. The topological polar surface area (TPSA) is 80.9 Å². The average molecular weight is 414 g/mol. The molecule has 2 aromatic carbocycles. The Morgan fingerprint density at radius 3 is 2.55 bits per heavy atom. The maximum absolute atomic E-state index is 13.4. The predicted octanol–water partition coefficient (Wildman–Crippen LogP) is 4.52. The number of aliphatic imine (C=N–C) groups is 1. The van der Waals surface area contributed by atoms with Crippen LogP contribution < -0.4 is 14.2 Å². The molecule has 5 rings (SSSR count). The van der Waals surface area contributed by atoms with Crippen molar-refractivity contribution in [2.75, 3.05) is 13.9 Å². The third kappa shape index (κ3) is 3.27. The molecule has 2 heterocycles. The fourth-order valence-electron chi connectivity index (χ4n) is 4.80. The molecule has 0 amide bonds. The highest BCUT2D eigenvalue weighted by atomic mass is 16.7. The maximum atomic E-state index is 13.4. The van der Waals surface area contributed by atoms with Gasteiger partial charge in [-0.05, 0) is 54.7 Å². The van der Waals surface area contributed by atoms with Gasteiger partial charge in [0.2, 0.25) is 6.79 Å². The zero-order valence-corrected chi connectivity index (χ0v) is 17.4. The van der Waals surface area contributed by atoms with Gasteiger partial charge >= 0.3 is 0 Å². The first-order valence-corrected chi connectivity index (χ1v) is 10.3. The fraction of sp³-hybridized carbons (Fsp3) is 0.320.